The van der Waals surface area contributed by atoms with E-state index in [4.69, 9.17) is 0 Å². The monoisotopic (exact) mass is 314 g/mol. The quantitative estimate of drug-likeness (QED) is 0.768. The number of piperidine rings is 1. The molecule has 3 aliphatic heterocycles. The molecule has 0 spiro atoms. The van der Waals surface area contributed by atoms with Crippen LogP contribution in [0.25, 0.3) is 0 Å². The Bertz CT molecular complexity index is 549. The fraction of sp³-hybridized carbons (Fsp3) is 0.611. The van der Waals surface area contributed by atoms with Crippen molar-refractivity contribution < 1.29 is 4.79 Å². The van der Waals surface area contributed by atoms with E-state index in [2.05, 4.69) is 45.3 Å². The lowest BCUT2D eigenvalue weighted by Crippen LogP contribution is -2.52. The Hall–Kier alpha value is -1.43. The third-order valence-corrected chi connectivity index (χ3v) is 5.62. The second-order valence-electron chi connectivity index (χ2n) is 7.05. The second kappa shape index (κ2) is 6.59. The van der Waals surface area contributed by atoms with Crippen molar-refractivity contribution in [2.24, 2.45) is 5.92 Å². The Balaban J connectivity index is 1.44. The summed E-state index contributed by atoms with van der Waals surface area (Å²) < 4.78 is 0. The number of nitrogens with zero attached hydrogens (tertiary/aromatic N) is 1. The lowest BCUT2D eigenvalue weighted by Gasteiger charge is -2.32. The van der Waals surface area contributed by atoms with E-state index in [-0.39, 0.29) is 11.9 Å². The first-order valence-electron chi connectivity index (χ1n) is 8.89. The van der Waals surface area contributed by atoms with Crippen molar-refractivity contribution in [2.45, 2.75) is 43.8 Å². The van der Waals surface area contributed by atoms with Crippen LogP contribution >= 0.6 is 0 Å². The van der Waals surface area contributed by atoms with E-state index in [1.807, 2.05) is 6.07 Å². The number of carbonyl (C=O) groups is 1. The fourth-order valence-electron chi connectivity index (χ4n) is 4.36. The van der Waals surface area contributed by atoms with Gasteiger partial charge in [-0.25, -0.2) is 5.43 Å². The minimum atomic E-state index is -0.0795. The zero-order valence-corrected chi connectivity index (χ0v) is 13.5. The summed E-state index contributed by atoms with van der Waals surface area (Å²) >= 11 is 0. The van der Waals surface area contributed by atoms with Crippen LogP contribution in [-0.4, -0.2) is 48.6 Å². The largest absolute Gasteiger partial charge is 0.338 e. The molecule has 3 aliphatic rings. The molecular weight excluding hydrogens is 288 g/mol. The Morgan fingerprint density at radius 1 is 1.17 bits per heavy atom. The van der Waals surface area contributed by atoms with E-state index in [0.29, 0.717) is 18.0 Å². The summed E-state index contributed by atoms with van der Waals surface area (Å²) in [6.07, 6.45) is 4.30. The van der Waals surface area contributed by atoms with Crippen LogP contribution in [0.4, 0.5) is 0 Å². The predicted octanol–water partition coefficient (Wildman–Crippen LogP) is 0.675. The maximum Gasteiger partial charge on any atom is 0.241 e. The summed E-state index contributed by atoms with van der Waals surface area (Å²) in [5, 5.41) is 3.43. The van der Waals surface area contributed by atoms with Crippen molar-refractivity contribution >= 4 is 5.91 Å². The normalized spacial score (nSPS) is 33.7. The van der Waals surface area contributed by atoms with Crippen molar-refractivity contribution in [2.75, 3.05) is 19.6 Å². The summed E-state index contributed by atoms with van der Waals surface area (Å²) in [6.45, 7) is 2.87. The Labute approximate surface area is 137 Å². The van der Waals surface area contributed by atoms with Gasteiger partial charge in [0.15, 0.2) is 0 Å². The third kappa shape index (κ3) is 3.01. The van der Waals surface area contributed by atoms with Crippen molar-refractivity contribution in [3.05, 3.63) is 35.9 Å². The van der Waals surface area contributed by atoms with Crippen LogP contribution in [0.5, 0.6) is 0 Å². The van der Waals surface area contributed by atoms with E-state index in [9.17, 15) is 4.79 Å². The predicted molar refractivity (Wildman–Crippen MR) is 89.7 cm³/mol. The molecule has 0 radical (unpaired) electrons. The highest BCUT2D eigenvalue weighted by Gasteiger charge is 2.44. The van der Waals surface area contributed by atoms with Gasteiger partial charge in [0, 0.05) is 31.1 Å². The molecule has 1 aromatic rings. The SMILES string of the molecule is O=C(C1NNC2CCNCC21)N1CCCC1Cc1ccccc1. The first-order chi connectivity index (χ1) is 11.3. The van der Waals surface area contributed by atoms with Crippen LogP contribution in [0.2, 0.25) is 0 Å². The molecule has 0 saturated carbocycles. The van der Waals surface area contributed by atoms with Crippen LogP contribution < -0.4 is 16.2 Å². The number of nitrogens with one attached hydrogen (secondary N) is 3. The summed E-state index contributed by atoms with van der Waals surface area (Å²) in [7, 11) is 0. The van der Waals surface area contributed by atoms with E-state index in [1.54, 1.807) is 0 Å². The molecule has 0 aliphatic carbocycles. The number of hydrazine groups is 1. The molecule has 3 heterocycles. The van der Waals surface area contributed by atoms with Gasteiger partial charge in [0.05, 0.1) is 0 Å². The maximum absolute atomic E-state index is 13.1. The number of hydrogen-bond donors (Lipinski definition) is 3. The molecular formula is C18H26N4O. The first-order valence-corrected chi connectivity index (χ1v) is 8.89. The van der Waals surface area contributed by atoms with Gasteiger partial charge in [0.1, 0.15) is 6.04 Å². The molecule has 23 heavy (non-hydrogen) atoms. The van der Waals surface area contributed by atoms with Gasteiger partial charge in [-0.05, 0) is 37.8 Å². The Kier molecular flexibility index (Phi) is 4.33. The molecule has 1 aromatic carbocycles. The summed E-state index contributed by atoms with van der Waals surface area (Å²) in [6, 6.07) is 11.2. The molecule has 3 saturated heterocycles. The zero-order chi connectivity index (χ0) is 15.6. The average Bonchev–Trinajstić information content (AvgIpc) is 3.22. The van der Waals surface area contributed by atoms with Gasteiger partial charge in [-0.3, -0.25) is 10.2 Å². The Morgan fingerprint density at radius 3 is 2.91 bits per heavy atom. The molecule has 1 amide bonds. The number of likely N-dealkylation sites (tertiary alicyclic amines) is 1. The minimum Gasteiger partial charge on any atom is -0.338 e. The topological polar surface area (TPSA) is 56.4 Å². The van der Waals surface area contributed by atoms with Crippen molar-refractivity contribution in [1.82, 2.24) is 21.1 Å². The van der Waals surface area contributed by atoms with Gasteiger partial charge in [-0.15, -0.1) is 0 Å². The smallest absolute Gasteiger partial charge is 0.241 e. The Morgan fingerprint density at radius 2 is 2.04 bits per heavy atom. The molecule has 5 nitrogen and oxygen atoms in total. The standard InChI is InChI=1S/C18H26N4O/c23-18(17-15-12-19-9-8-16(15)20-21-17)22-10-4-7-14(22)11-13-5-2-1-3-6-13/h1-3,5-6,14-17,19-21H,4,7-12H2. The summed E-state index contributed by atoms with van der Waals surface area (Å²) in [5.74, 6) is 0.654. The highest BCUT2D eigenvalue weighted by molar-refractivity contribution is 5.83. The number of fused-ring (bicyclic) bond motifs is 1. The van der Waals surface area contributed by atoms with Crippen LogP contribution in [0, 0.1) is 5.92 Å². The molecule has 3 N–H and O–H groups in total. The number of carbonyl (C=O) groups excluding carboxylic acids is 1. The molecule has 0 bridgehead atoms. The lowest BCUT2D eigenvalue weighted by atomic mass is 9.88. The molecule has 4 atom stereocenters. The van der Waals surface area contributed by atoms with Gasteiger partial charge in [-0.1, -0.05) is 30.3 Å². The van der Waals surface area contributed by atoms with Gasteiger partial charge in [0.2, 0.25) is 5.91 Å². The van der Waals surface area contributed by atoms with Crippen molar-refractivity contribution in [3.8, 4) is 0 Å². The highest BCUT2D eigenvalue weighted by Crippen LogP contribution is 2.26. The van der Waals surface area contributed by atoms with E-state index in [1.165, 1.54) is 5.56 Å². The van der Waals surface area contributed by atoms with Gasteiger partial charge < -0.3 is 10.2 Å². The fourth-order valence-corrected chi connectivity index (χ4v) is 4.36. The second-order valence-corrected chi connectivity index (χ2v) is 7.05. The third-order valence-electron chi connectivity index (χ3n) is 5.62. The van der Waals surface area contributed by atoms with Crippen LogP contribution in [0.15, 0.2) is 30.3 Å². The molecule has 124 valence electrons. The number of hydrogen-bond acceptors (Lipinski definition) is 4. The van der Waals surface area contributed by atoms with Gasteiger partial charge >= 0.3 is 0 Å². The maximum atomic E-state index is 13.1. The number of benzene rings is 1. The summed E-state index contributed by atoms with van der Waals surface area (Å²) in [5.41, 5.74) is 7.94. The first kappa shape index (κ1) is 15.1. The molecule has 0 aromatic heterocycles. The number of rotatable bonds is 3. The molecule has 4 unspecified atom stereocenters. The average molecular weight is 314 g/mol. The van der Waals surface area contributed by atoms with Gasteiger partial charge in [-0.2, -0.15) is 0 Å². The van der Waals surface area contributed by atoms with E-state index >= 15 is 0 Å². The van der Waals surface area contributed by atoms with Crippen LogP contribution in [0.3, 0.4) is 0 Å². The van der Waals surface area contributed by atoms with Crippen molar-refractivity contribution in [3.63, 3.8) is 0 Å². The molecule has 4 rings (SSSR count). The van der Waals surface area contributed by atoms with E-state index in [0.717, 1.165) is 45.3 Å². The van der Waals surface area contributed by atoms with Crippen LogP contribution in [-0.2, 0) is 11.2 Å². The molecule has 5 heteroatoms. The van der Waals surface area contributed by atoms with Gasteiger partial charge in [0.25, 0.3) is 0 Å². The van der Waals surface area contributed by atoms with Crippen molar-refractivity contribution in [1.29, 1.82) is 0 Å². The molecule has 3 fully saturated rings. The summed E-state index contributed by atoms with van der Waals surface area (Å²) in [4.78, 5) is 15.2. The zero-order valence-electron chi connectivity index (χ0n) is 13.5. The highest BCUT2D eigenvalue weighted by atomic mass is 16.2. The number of amides is 1. The lowest BCUT2D eigenvalue weighted by molar-refractivity contribution is -0.135. The van der Waals surface area contributed by atoms with Crippen LogP contribution in [0.1, 0.15) is 24.8 Å². The van der Waals surface area contributed by atoms with E-state index < -0.39 is 0 Å². The minimum absolute atomic E-state index is 0.0795.